The number of aliphatic imine (C=N–C) groups is 1. The minimum Gasteiger partial charge on any atom is -0.493 e. The lowest BCUT2D eigenvalue weighted by Gasteiger charge is -2.09. The zero-order chi connectivity index (χ0) is 24.3. The van der Waals surface area contributed by atoms with Crippen LogP contribution >= 0.6 is 11.6 Å². The first kappa shape index (κ1) is 23.0. The SMILES string of the molecule is O=c1[nH]c(=O)n(-c2ccccc2)c(O)c1C=Nc1ccc(S(=O)(=O)Nc2ccc(Cl)cc2)cc1. The first-order chi connectivity index (χ1) is 16.2. The Labute approximate surface area is 198 Å². The number of hydrogen-bond donors (Lipinski definition) is 3. The quantitative estimate of drug-likeness (QED) is 0.351. The van der Waals surface area contributed by atoms with Gasteiger partial charge in [0.25, 0.3) is 15.6 Å². The number of aromatic hydroxyl groups is 1. The van der Waals surface area contributed by atoms with Gasteiger partial charge in [0.05, 0.1) is 16.3 Å². The van der Waals surface area contributed by atoms with Gasteiger partial charge < -0.3 is 5.11 Å². The zero-order valence-electron chi connectivity index (χ0n) is 17.3. The number of sulfonamides is 1. The van der Waals surface area contributed by atoms with Gasteiger partial charge in [-0.2, -0.15) is 0 Å². The summed E-state index contributed by atoms with van der Waals surface area (Å²) in [7, 11) is -3.84. The van der Waals surface area contributed by atoms with Crippen LogP contribution in [-0.4, -0.2) is 29.3 Å². The van der Waals surface area contributed by atoms with Gasteiger partial charge in [-0.3, -0.25) is 19.5 Å². The van der Waals surface area contributed by atoms with E-state index in [-0.39, 0.29) is 10.5 Å². The fourth-order valence-corrected chi connectivity index (χ4v) is 4.24. The number of benzene rings is 3. The van der Waals surface area contributed by atoms with Crippen LogP contribution in [0.1, 0.15) is 5.56 Å². The molecule has 3 aromatic carbocycles. The van der Waals surface area contributed by atoms with Crippen LogP contribution in [0.3, 0.4) is 0 Å². The van der Waals surface area contributed by atoms with Crippen LogP contribution in [0.15, 0.2) is 98.3 Å². The molecule has 11 heteroatoms. The Balaban J connectivity index is 1.60. The molecule has 0 fully saturated rings. The average Bonchev–Trinajstić information content (AvgIpc) is 2.81. The lowest BCUT2D eigenvalue weighted by molar-refractivity contribution is 0.430. The molecule has 172 valence electrons. The van der Waals surface area contributed by atoms with Crippen LogP contribution in [0.2, 0.25) is 5.02 Å². The number of aromatic nitrogens is 2. The number of hydrogen-bond acceptors (Lipinski definition) is 6. The molecule has 1 heterocycles. The predicted molar refractivity (Wildman–Crippen MR) is 130 cm³/mol. The number of aromatic amines is 1. The molecule has 1 aromatic heterocycles. The van der Waals surface area contributed by atoms with Gasteiger partial charge in [-0.15, -0.1) is 0 Å². The molecule has 0 radical (unpaired) electrons. The molecule has 3 N–H and O–H groups in total. The van der Waals surface area contributed by atoms with Crippen molar-refractivity contribution in [3.63, 3.8) is 0 Å². The van der Waals surface area contributed by atoms with Gasteiger partial charge in [0.1, 0.15) is 5.56 Å². The van der Waals surface area contributed by atoms with E-state index < -0.39 is 27.2 Å². The fourth-order valence-electron chi connectivity index (χ4n) is 3.05. The molecule has 4 rings (SSSR count). The third-order valence-electron chi connectivity index (χ3n) is 4.72. The van der Waals surface area contributed by atoms with Gasteiger partial charge in [0.2, 0.25) is 5.88 Å². The molecule has 0 saturated heterocycles. The van der Waals surface area contributed by atoms with E-state index in [1.165, 1.54) is 36.4 Å². The van der Waals surface area contributed by atoms with Crippen molar-refractivity contribution in [2.45, 2.75) is 4.90 Å². The minimum atomic E-state index is -3.84. The molecule has 0 atom stereocenters. The number of para-hydroxylation sites is 1. The standard InChI is InChI=1S/C23H17ClN4O5S/c24-15-6-8-17(9-7-15)27-34(32,33)19-12-10-16(11-13-19)25-14-20-21(29)26-23(31)28(22(20)30)18-4-2-1-3-5-18/h1-14,27,30H,(H,26,29,31). The summed E-state index contributed by atoms with van der Waals surface area (Å²) in [5.41, 5.74) is -0.807. The first-order valence-electron chi connectivity index (χ1n) is 9.81. The highest BCUT2D eigenvalue weighted by Crippen LogP contribution is 2.21. The van der Waals surface area contributed by atoms with Gasteiger partial charge in [0.15, 0.2) is 0 Å². The molecule has 0 bridgehead atoms. The number of halogens is 1. The van der Waals surface area contributed by atoms with E-state index >= 15 is 0 Å². The van der Waals surface area contributed by atoms with E-state index in [9.17, 15) is 23.1 Å². The number of nitrogens with one attached hydrogen (secondary N) is 2. The molecule has 0 aliphatic carbocycles. The molecule has 0 amide bonds. The van der Waals surface area contributed by atoms with Crippen LogP contribution in [-0.2, 0) is 10.0 Å². The van der Waals surface area contributed by atoms with E-state index in [1.54, 1.807) is 42.5 Å². The third kappa shape index (κ3) is 4.92. The summed E-state index contributed by atoms with van der Waals surface area (Å²) in [6, 6.07) is 20.1. The van der Waals surface area contributed by atoms with E-state index in [0.29, 0.717) is 22.1 Å². The maximum absolute atomic E-state index is 12.6. The summed E-state index contributed by atoms with van der Waals surface area (Å²) < 4.78 is 28.5. The highest BCUT2D eigenvalue weighted by atomic mass is 35.5. The van der Waals surface area contributed by atoms with Gasteiger partial charge in [0, 0.05) is 16.9 Å². The third-order valence-corrected chi connectivity index (χ3v) is 6.37. The van der Waals surface area contributed by atoms with E-state index in [4.69, 9.17) is 11.6 Å². The smallest absolute Gasteiger partial charge is 0.335 e. The second kappa shape index (κ2) is 9.38. The molecular weight excluding hydrogens is 480 g/mol. The molecule has 0 aliphatic heterocycles. The predicted octanol–water partition coefficient (Wildman–Crippen LogP) is 3.44. The first-order valence-corrected chi connectivity index (χ1v) is 11.7. The molecule has 0 spiro atoms. The number of anilines is 1. The lowest BCUT2D eigenvalue weighted by atomic mass is 10.3. The number of rotatable bonds is 6. The maximum Gasteiger partial charge on any atom is 0.335 e. The van der Waals surface area contributed by atoms with E-state index in [1.807, 2.05) is 0 Å². The Hall–Kier alpha value is -4.15. The van der Waals surface area contributed by atoms with Crippen LogP contribution in [0.4, 0.5) is 11.4 Å². The summed E-state index contributed by atoms with van der Waals surface area (Å²) in [6.45, 7) is 0. The molecule has 0 unspecified atom stereocenters. The van der Waals surface area contributed by atoms with Crippen molar-refractivity contribution >= 4 is 39.2 Å². The Morgan fingerprint density at radius 1 is 0.941 bits per heavy atom. The molecule has 9 nitrogen and oxygen atoms in total. The Kier molecular flexibility index (Phi) is 6.35. The summed E-state index contributed by atoms with van der Waals surface area (Å²) >= 11 is 5.81. The van der Waals surface area contributed by atoms with Gasteiger partial charge in [-0.05, 0) is 60.7 Å². The Bertz CT molecular complexity index is 1580. The Morgan fingerprint density at radius 2 is 1.59 bits per heavy atom. The van der Waals surface area contributed by atoms with E-state index in [2.05, 4.69) is 14.7 Å². The summed E-state index contributed by atoms with van der Waals surface area (Å²) in [5.74, 6) is -0.574. The average molecular weight is 497 g/mol. The molecule has 0 aliphatic rings. The molecular formula is C23H17ClN4O5S. The summed E-state index contributed by atoms with van der Waals surface area (Å²) in [5, 5.41) is 11.0. The van der Waals surface area contributed by atoms with Gasteiger partial charge >= 0.3 is 5.69 Å². The monoisotopic (exact) mass is 496 g/mol. The van der Waals surface area contributed by atoms with E-state index in [0.717, 1.165) is 10.8 Å². The maximum atomic E-state index is 12.6. The second-order valence-electron chi connectivity index (χ2n) is 7.03. The fraction of sp³-hybridized carbons (Fsp3) is 0. The highest BCUT2D eigenvalue weighted by molar-refractivity contribution is 7.92. The van der Waals surface area contributed by atoms with Gasteiger partial charge in [-0.1, -0.05) is 29.8 Å². The summed E-state index contributed by atoms with van der Waals surface area (Å²) in [4.78, 5) is 30.7. The van der Waals surface area contributed by atoms with Gasteiger partial charge in [-0.25, -0.2) is 17.8 Å². The highest BCUT2D eigenvalue weighted by Gasteiger charge is 2.15. The number of nitrogens with zero attached hydrogens (tertiary/aromatic N) is 2. The summed E-state index contributed by atoms with van der Waals surface area (Å²) in [6.07, 6.45) is 1.10. The van der Waals surface area contributed by atoms with Crippen LogP contribution < -0.4 is 16.0 Å². The van der Waals surface area contributed by atoms with Crippen molar-refractivity contribution in [3.8, 4) is 11.6 Å². The number of H-pyrrole nitrogens is 1. The molecule has 0 saturated carbocycles. The minimum absolute atomic E-state index is 0.000258. The van der Waals surface area contributed by atoms with Crippen molar-refractivity contribution < 1.29 is 13.5 Å². The van der Waals surface area contributed by atoms with Crippen molar-refractivity contribution in [3.05, 3.63) is 110 Å². The topological polar surface area (TPSA) is 134 Å². The lowest BCUT2D eigenvalue weighted by Crippen LogP contribution is -2.31. The van der Waals surface area contributed by atoms with Crippen LogP contribution in [0, 0.1) is 0 Å². The van der Waals surface area contributed by atoms with Crippen molar-refractivity contribution in [2.75, 3.05) is 4.72 Å². The molecule has 4 aromatic rings. The zero-order valence-corrected chi connectivity index (χ0v) is 18.9. The largest absolute Gasteiger partial charge is 0.493 e. The normalized spacial score (nSPS) is 11.6. The van der Waals surface area contributed by atoms with Crippen LogP contribution in [0.5, 0.6) is 5.88 Å². The Morgan fingerprint density at radius 3 is 2.24 bits per heavy atom. The van der Waals surface area contributed by atoms with Crippen molar-refractivity contribution in [1.29, 1.82) is 0 Å². The van der Waals surface area contributed by atoms with Crippen molar-refractivity contribution in [1.82, 2.24) is 9.55 Å². The second-order valence-corrected chi connectivity index (χ2v) is 9.15. The van der Waals surface area contributed by atoms with Crippen LogP contribution in [0.25, 0.3) is 5.69 Å². The molecule has 34 heavy (non-hydrogen) atoms. The van der Waals surface area contributed by atoms with Crippen molar-refractivity contribution in [2.24, 2.45) is 4.99 Å².